The fourth-order valence-electron chi connectivity index (χ4n) is 5.93. The lowest BCUT2D eigenvalue weighted by molar-refractivity contribution is -0.129. The number of carbonyl (C=O) groups excluding carboxylic acids is 2. The highest BCUT2D eigenvalue weighted by atomic mass is 16.2. The van der Waals surface area contributed by atoms with Crippen molar-refractivity contribution in [1.29, 1.82) is 5.26 Å². The average molecular weight is 451 g/mol. The van der Waals surface area contributed by atoms with E-state index >= 15 is 0 Å². The molecule has 2 heterocycles. The zero-order valence-electron chi connectivity index (χ0n) is 20.5. The maximum atomic E-state index is 13.5. The van der Waals surface area contributed by atoms with Crippen molar-refractivity contribution in [3.05, 3.63) is 29.3 Å². The number of benzene rings is 1. The molecule has 6 nitrogen and oxygen atoms in total. The molecule has 1 aromatic carbocycles. The minimum absolute atomic E-state index is 0.0648. The van der Waals surface area contributed by atoms with Crippen LogP contribution in [0.25, 0.3) is 0 Å². The van der Waals surface area contributed by atoms with Crippen LogP contribution in [-0.2, 0) is 9.59 Å². The minimum Gasteiger partial charge on any atom is -0.340 e. The Morgan fingerprint density at radius 1 is 1.03 bits per heavy atom. The van der Waals surface area contributed by atoms with Gasteiger partial charge in [-0.15, -0.1) is 0 Å². The third kappa shape index (κ3) is 4.80. The number of rotatable bonds is 5. The first kappa shape index (κ1) is 23.8. The van der Waals surface area contributed by atoms with E-state index in [2.05, 4.69) is 30.1 Å². The fraction of sp³-hybridized carbons (Fsp3) is 0.667. The molecule has 1 saturated heterocycles. The first-order valence-electron chi connectivity index (χ1n) is 12.7. The van der Waals surface area contributed by atoms with Gasteiger partial charge in [-0.05, 0) is 68.6 Å². The molecule has 2 fully saturated rings. The Kier molecular flexibility index (Phi) is 7.09. The molecule has 1 saturated carbocycles. The lowest BCUT2D eigenvalue weighted by Crippen LogP contribution is -2.51. The lowest BCUT2D eigenvalue weighted by atomic mass is 9.79. The normalized spacial score (nSPS) is 26.5. The van der Waals surface area contributed by atoms with Gasteiger partial charge in [0.1, 0.15) is 6.04 Å². The van der Waals surface area contributed by atoms with Gasteiger partial charge < -0.3 is 15.1 Å². The van der Waals surface area contributed by atoms with Crippen molar-refractivity contribution >= 4 is 17.5 Å². The van der Waals surface area contributed by atoms with E-state index < -0.39 is 6.04 Å². The van der Waals surface area contributed by atoms with Crippen LogP contribution in [0.15, 0.2) is 18.2 Å². The molecule has 1 unspecified atom stereocenters. The molecule has 6 heteroatoms. The standard InChI is InChI=1S/C27H38N4O2/c1-17(2)20-6-8-21(9-7-20)30-13-11-22(12-14-30)31-24-10-5-19(16-28)15-23(24)25(27(31)33)29-26(32)18(3)4/h5,10,15,17-18,20-22,25H,6-9,11-14H2,1-4H3,(H,29,32). The van der Waals surface area contributed by atoms with E-state index in [-0.39, 0.29) is 23.8 Å². The predicted octanol–water partition coefficient (Wildman–Crippen LogP) is 4.40. The molecular formula is C27H38N4O2. The summed E-state index contributed by atoms with van der Waals surface area (Å²) in [6, 6.07) is 7.69. The predicted molar refractivity (Wildman–Crippen MR) is 130 cm³/mol. The summed E-state index contributed by atoms with van der Waals surface area (Å²) >= 11 is 0. The lowest BCUT2D eigenvalue weighted by Gasteiger charge is -2.43. The molecule has 1 aliphatic carbocycles. The zero-order chi connectivity index (χ0) is 23.7. The fourth-order valence-corrected chi connectivity index (χ4v) is 5.93. The number of hydrogen-bond donors (Lipinski definition) is 1. The highest BCUT2D eigenvalue weighted by Gasteiger charge is 2.43. The van der Waals surface area contributed by atoms with E-state index in [4.69, 9.17) is 0 Å². The molecule has 3 aliphatic rings. The van der Waals surface area contributed by atoms with Crippen LogP contribution in [0.4, 0.5) is 5.69 Å². The SMILES string of the molecule is CC(C)C(=O)NC1C(=O)N(C2CCN(C3CCC(C(C)C)CC3)CC2)c2ccc(C#N)cc21. The number of nitriles is 1. The van der Waals surface area contributed by atoms with Crippen LogP contribution < -0.4 is 10.2 Å². The molecule has 1 N–H and O–H groups in total. The first-order chi connectivity index (χ1) is 15.8. The number of amides is 2. The summed E-state index contributed by atoms with van der Waals surface area (Å²) in [5.41, 5.74) is 2.12. The molecule has 0 spiro atoms. The van der Waals surface area contributed by atoms with Crippen LogP contribution in [0.2, 0.25) is 0 Å². The van der Waals surface area contributed by atoms with Crippen LogP contribution in [0.5, 0.6) is 0 Å². The molecule has 1 atom stereocenters. The first-order valence-corrected chi connectivity index (χ1v) is 12.7. The van der Waals surface area contributed by atoms with Crippen molar-refractivity contribution in [1.82, 2.24) is 10.2 Å². The van der Waals surface area contributed by atoms with Crippen molar-refractivity contribution < 1.29 is 9.59 Å². The summed E-state index contributed by atoms with van der Waals surface area (Å²) in [6.07, 6.45) is 7.14. The summed E-state index contributed by atoms with van der Waals surface area (Å²) in [5, 5.41) is 12.3. The Morgan fingerprint density at radius 3 is 2.27 bits per heavy atom. The van der Waals surface area contributed by atoms with E-state index in [1.165, 1.54) is 25.7 Å². The minimum atomic E-state index is -0.701. The monoisotopic (exact) mass is 450 g/mol. The van der Waals surface area contributed by atoms with Crippen molar-refractivity contribution in [3.8, 4) is 6.07 Å². The van der Waals surface area contributed by atoms with Crippen LogP contribution >= 0.6 is 0 Å². The molecule has 2 amide bonds. The van der Waals surface area contributed by atoms with Gasteiger partial charge in [0.2, 0.25) is 5.91 Å². The van der Waals surface area contributed by atoms with Crippen LogP contribution in [0, 0.1) is 29.1 Å². The van der Waals surface area contributed by atoms with Crippen molar-refractivity contribution in [3.63, 3.8) is 0 Å². The number of nitrogens with zero attached hydrogens (tertiary/aromatic N) is 3. The van der Waals surface area contributed by atoms with Crippen LogP contribution in [0.3, 0.4) is 0 Å². The van der Waals surface area contributed by atoms with Gasteiger partial charge in [0, 0.05) is 42.3 Å². The third-order valence-electron chi connectivity index (χ3n) is 8.09. The maximum absolute atomic E-state index is 13.5. The molecule has 0 bridgehead atoms. The number of anilines is 1. The smallest absolute Gasteiger partial charge is 0.254 e. The van der Waals surface area contributed by atoms with Gasteiger partial charge in [-0.1, -0.05) is 27.7 Å². The van der Waals surface area contributed by atoms with Gasteiger partial charge in [-0.2, -0.15) is 5.26 Å². The quantitative estimate of drug-likeness (QED) is 0.721. The van der Waals surface area contributed by atoms with Gasteiger partial charge in [0.25, 0.3) is 5.91 Å². The molecular weight excluding hydrogens is 412 g/mol. The van der Waals surface area contributed by atoms with Gasteiger partial charge in [-0.25, -0.2) is 0 Å². The summed E-state index contributed by atoms with van der Waals surface area (Å²) in [5.74, 6) is 1.24. The van der Waals surface area contributed by atoms with Gasteiger partial charge in [-0.3, -0.25) is 9.59 Å². The summed E-state index contributed by atoms with van der Waals surface area (Å²) < 4.78 is 0. The van der Waals surface area contributed by atoms with Crippen LogP contribution in [0.1, 0.15) is 83.4 Å². The summed E-state index contributed by atoms with van der Waals surface area (Å²) in [4.78, 5) is 30.5. The van der Waals surface area contributed by atoms with E-state index in [0.717, 1.165) is 49.0 Å². The van der Waals surface area contributed by atoms with E-state index in [9.17, 15) is 14.9 Å². The summed E-state index contributed by atoms with van der Waals surface area (Å²) in [6.45, 7) is 10.4. The molecule has 2 aliphatic heterocycles. The summed E-state index contributed by atoms with van der Waals surface area (Å²) in [7, 11) is 0. The largest absolute Gasteiger partial charge is 0.340 e. The third-order valence-corrected chi connectivity index (χ3v) is 8.09. The number of nitrogens with one attached hydrogen (secondary N) is 1. The number of carbonyl (C=O) groups is 2. The maximum Gasteiger partial charge on any atom is 0.254 e. The molecule has 0 radical (unpaired) electrons. The molecule has 33 heavy (non-hydrogen) atoms. The van der Waals surface area contributed by atoms with Gasteiger partial charge in [0.15, 0.2) is 0 Å². The average Bonchev–Trinajstić information content (AvgIpc) is 3.09. The van der Waals surface area contributed by atoms with E-state index in [1.54, 1.807) is 12.1 Å². The Bertz CT molecular complexity index is 919. The Labute approximate surface area is 198 Å². The second kappa shape index (κ2) is 9.85. The molecule has 1 aromatic rings. The number of fused-ring (bicyclic) bond motifs is 1. The Morgan fingerprint density at radius 2 is 1.70 bits per heavy atom. The zero-order valence-corrected chi connectivity index (χ0v) is 20.5. The number of hydrogen-bond acceptors (Lipinski definition) is 4. The van der Waals surface area contributed by atoms with E-state index in [0.29, 0.717) is 11.6 Å². The Balaban J connectivity index is 1.46. The number of likely N-dealkylation sites (tertiary alicyclic amines) is 1. The Hall–Kier alpha value is -2.39. The van der Waals surface area contributed by atoms with Gasteiger partial charge >= 0.3 is 0 Å². The molecule has 4 rings (SSSR count). The second-order valence-electron chi connectivity index (χ2n) is 10.8. The molecule has 0 aromatic heterocycles. The second-order valence-corrected chi connectivity index (χ2v) is 10.8. The topological polar surface area (TPSA) is 76.4 Å². The number of piperidine rings is 1. The van der Waals surface area contributed by atoms with Gasteiger partial charge in [0.05, 0.1) is 11.6 Å². The molecule has 178 valence electrons. The van der Waals surface area contributed by atoms with Crippen molar-refractivity contribution in [2.45, 2.75) is 84.3 Å². The van der Waals surface area contributed by atoms with Crippen LogP contribution in [-0.4, -0.2) is 41.9 Å². The highest BCUT2D eigenvalue weighted by molar-refractivity contribution is 6.07. The van der Waals surface area contributed by atoms with E-state index in [1.807, 2.05) is 24.8 Å². The van der Waals surface area contributed by atoms with Crippen molar-refractivity contribution in [2.24, 2.45) is 17.8 Å². The highest BCUT2D eigenvalue weighted by Crippen LogP contribution is 2.40. The van der Waals surface area contributed by atoms with Crippen molar-refractivity contribution in [2.75, 3.05) is 18.0 Å².